The third-order valence-corrected chi connectivity index (χ3v) is 3.91. The quantitative estimate of drug-likeness (QED) is 0.529. The van der Waals surface area contributed by atoms with Crippen LogP contribution in [0, 0.1) is 17.1 Å². The third-order valence-electron chi connectivity index (χ3n) is 3.91. The first-order valence-corrected chi connectivity index (χ1v) is 8.01. The molecule has 2 aromatic carbocycles. The Morgan fingerprint density at radius 3 is 2.63 bits per heavy atom. The maximum Gasteiger partial charge on any atom is 0.188 e. The predicted molar refractivity (Wildman–Crippen MR) is 101 cm³/mol. The summed E-state index contributed by atoms with van der Waals surface area (Å²) in [5.41, 5.74) is 14.9. The fourth-order valence-corrected chi connectivity index (χ4v) is 2.70. The van der Waals surface area contributed by atoms with Crippen molar-refractivity contribution >= 4 is 11.5 Å². The molecule has 3 aromatic rings. The topological polar surface area (TPSA) is 107 Å². The normalized spacial score (nSPS) is 10.4. The van der Waals surface area contributed by atoms with Crippen molar-refractivity contribution in [2.75, 3.05) is 25.4 Å². The molecule has 7 heteroatoms. The average molecular weight is 364 g/mol. The molecule has 1 heterocycles. The highest BCUT2D eigenvalue weighted by atomic mass is 19.1. The Morgan fingerprint density at radius 2 is 1.93 bits per heavy atom. The van der Waals surface area contributed by atoms with Crippen LogP contribution in [0.25, 0.3) is 22.4 Å². The smallest absolute Gasteiger partial charge is 0.188 e. The number of rotatable bonds is 5. The zero-order valence-corrected chi connectivity index (χ0v) is 14.6. The average Bonchev–Trinajstić information content (AvgIpc) is 2.65. The minimum atomic E-state index is -0.456. The molecule has 0 unspecified atom stereocenters. The number of nitrogens with zero attached hydrogens (tertiary/aromatic N) is 2. The van der Waals surface area contributed by atoms with Crippen LogP contribution in [0.2, 0.25) is 0 Å². The number of halogens is 1. The van der Waals surface area contributed by atoms with Crippen molar-refractivity contribution in [2.45, 2.75) is 0 Å². The molecular formula is C20H17FN4O2. The summed E-state index contributed by atoms with van der Waals surface area (Å²) in [7, 11) is 1.47. The number of nitrogens with two attached hydrogens (primary N) is 2. The van der Waals surface area contributed by atoms with Crippen LogP contribution in [0.4, 0.5) is 15.9 Å². The van der Waals surface area contributed by atoms with Gasteiger partial charge in [0.05, 0.1) is 5.69 Å². The van der Waals surface area contributed by atoms with Crippen molar-refractivity contribution < 1.29 is 13.9 Å². The second-order valence-electron chi connectivity index (χ2n) is 5.74. The molecule has 0 aliphatic carbocycles. The van der Waals surface area contributed by atoms with E-state index in [-0.39, 0.29) is 23.9 Å². The van der Waals surface area contributed by atoms with Crippen LogP contribution in [0.15, 0.2) is 48.5 Å². The molecule has 0 bridgehead atoms. The van der Waals surface area contributed by atoms with Crippen molar-refractivity contribution in [2.24, 2.45) is 0 Å². The highest BCUT2D eigenvalue weighted by Crippen LogP contribution is 2.35. The summed E-state index contributed by atoms with van der Waals surface area (Å²) < 4.78 is 24.0. The number of hydrogen-bond donors (Lipinski definition) is 2. The number of benzene rings is 2. The monoisotopic (exact) mass is 364 g/mol. The van der Waals surface area contributed by atoms with Crippen LogP contribution < -0.4 is 16.2 Å². The number of nitrogen functional groups attached to an aromatic ring is 2. The molecule has 0 radical (unpaired) electrons. The van der Waals surface area contributed by atoms with Gasteiger partial charge >= 0.3 is 0 Å². The van der Waals surface area contributed by atoms with Crippen LogP contribution >= 0.6 is 0 Å². The van der Waals surface area contributed by atoms with Crippen molar-refractivity contribution in [3.05, 3.63) is 59.9 Å². The molecule has 136 valence electrons. The largest absolute Gasteiger partial charge is 0.467 e. The van der Waals surface area contributed by atoms with E-state index < -0.39 is 5.82 Å². The van der Waals surface area contributed by atoms with E-state index in [0.717, 1.165) is 5.56 Å². The SMILES string of the molecule is COCOc1cc(F)ccc1-c1cc(-c2cccc(N)c2)c(C#N)c(N)n1. The van der Waals surface area contributed by atoms with E-state index in [2.05, 4.69) is 11.1 Å². The number of aromatic nitrogens is 1. The third kappa shape index (κ3) is 3.81. The molecule has 27 heavy (non-hydrogen) atoms. The predicted octanol–water partition coefficient (Wildman–Crippen LogP) is 3.57. The second kappa shape index (κ2) is 7.72. The minimum Gasteiger partial charge on any atom is -0.467 e. The van der Waals surface area contributed by atoms with E-state index in [1.165, 1.54) is 25.3 Å². The number of pyridine rings is 1. The Balaban J connectivity index is 2.20. The van der Waals surface area contributed by atoms with Crippen LogP contribution in [0.1, 0.15) is 5.56 Å². The first-order chi connectivity index (χ1) is 13.0. The van der Waals surface area contributed by atoms with Gasteiger partial charge in [0, 0.05) is 30.0 Å². The lowest BCUT2D eigenvalue weighted by Crippen LogP contribution is -2.03. The highest BCUT2D eigenvalue weighted by Gasteiger charge is 2.16. The zero-order chi connectivity index (χ0) is 19.4. The standard InChI is InChI=1S/C20H17FN4O2/c1-26-11-27-19-8-13(21)5-6-15(19)18-9-16(17(10-22)20(24)25-18)12-3-2-4-14(23)7-12/h2-9H,11,23H2,1H3,(H2,24,25). The summed E-state index contributed by atoms with van der Waals surface area (Å²) in [5, 5.41) is 9.51. The molecule has 0 spiro atoms. The molecule has 0 saturated carbocycles. The highest BCUT2D eigenvalue weighted by molar-refractivity contribution is 5.82. The molecule has 0 atom stereocenters. The molecule has 0 aliphatic heterocycles. The summed E-state index contributed by atoms with van der Waals surface area (Å²) in [6, 6.07) is 15.0. The molecule has 1 aromatic heterocycles. The molecule has 0 saturated heterocycles. The molecule has 0 fully saturated rings. The van der Waals surface area contributed by atoms with Gasteiger partial charge in [-0.1, -0.05) is 12.1 Å². The van der Waals surface area contributed by atoms with Gasteiger partial charge in [-0.3, -0.25) is 0 Å². The molecule has 0 aliphatic rings. The second-order valence-corrected chi connectivity index (χ2v) is 5.74. The summed E-state index contributed by atoms with van der Waals surface area (Å²) >= 11 is 0. The van der Waals surface area contributed by atoms with Gasteiger partial charge in [-0.15, -0.1) is 0 Å². The number of anilines is 2. The molecule has 6 nitrogen and oxygen atoms in total. The van der Waals surface area contributed by atoms with E-state index in [1.54, 1.807) is 24.3 Å². The lowest BCUT2D eigenvalue weighted by Gasteiger charge is -2.14. The Labute approximate surface area is 155 Å². The van der Waals surface area contributed by atoms with Crippen LogP contribution in [0.5, 0.6) is 5.75 Å². The summed E-state index contributed by atoms with van der Waals surface area (Å²) in [4.78, 5) is 4.30. The van der Waals surface area contributed by atoms with E-state index in [4.69, 9.17) is 20.9 Å². The van der Waals surface area contributed by atoms with E-state index in [0.29, 0.717) is 22.5 Å². The van der Waals surface area contributed by atoms with Crippen LogP contribution in [-0.2, 0) is 4.74 Å². The van der Waals surface area contributed by atoms with E-state index in [9.17, 15) is 9.65 Å². The van der Waals surface area contributed by atoms with Gasteiger partial charge in [0.2, 0.25) is 0 Å². The van der Waals surface area contributed by atoms with Gasteiger partial charge in [-0.05, 0) is 35.9 Å². The number of ether oxygens (including phenoxy) is 2. The Hall–Kier alpha value is -3.63. The maximum absolute atomic E-state index is 13.7. The molecule has 3 rings (SSSR count). The van der Waals surface area contributed by atoms with Gasteiger partial charge in [0.1, 0.15) is 29.0 Å². The maximum atomic E-state index is 13.7. The number of nitriles is 1. The first kappa shape index (κ1) is 18.2. The van der Waals surface area contributed by atoms with Gasteiger partial charge in [-0.2, -0.15) is 5.26 Å². The van der Waals surface area contributed by atoms with Gasteiger partial charge in [0.25, 0.3) is 0 Å². The summed E-state index contributed by atoms with van der Waals surface area (Å²) in [5.74, 6) is -0.135. The molecule has 4 N–H and O–H groups in total. The Kier molecular flexibility index (Phi) is 5.20. The first-order valence-electron chi connectivity index (χ1n) is 8.01. The number of methoxy groups -OCH3 is 1. The summed E-state index contributed by atoms with van der Waals surface area (Å²) in [6.45, 7) is -0.0513. The van der Waals surface area contributed by atoms with Gasteiger partial charge in [-0.25, -0.2) is 9.37 Å². The lowest BCUT2D eigenvalue weighted by molar-refractivity contribution is 0.0513. The van der Waals surface area contributed by atoms with Gasteiger partial charge in [0.15, 0.2) is 6.79 Å². The lowest BCUT2D eigenvalue weighted by atomic mass is 9.98. The van der Waals surface area contributed by atoms with Crippen molar-refractivity contribution in [1.82, 2.24) is 4.98 Å². The minimum absolute atomic E-state index is 0.0513. The van der Waals surface area contributed by atoms with Crippen molar-refractivity contribution in [3.8, 4) is 34.2 Å². The zero-order valence-electron chi connectivity index (χ0n) is 14.6. The molecule has 0 amide bonds. The summed E-state index contributed by atoms with van der Waals surface area (Å²) in [6.07, 6.45) is 0. The van der Waals surface area contributed by atoms with Crippen molar-refractivity contribution in [1.29, 1.82) is 5.26 Å². The Morgan fingerprint density at radius 1 is 1.11 bits per heavy atom. The Bertz CT molecular complexity index is 1030. The van der Waals surface area contributed by atoms with E-state index in [1.807, 2.05) is 6.07 Å². The van der Waals surface area contributed by atoms with Crippen molar-refractivity contribution in [3.63, 3.8) is 0 Å². The number of hydrogen-bond acceptors (Lipinski definition) is 6. The fourth-order valence-electron chi connectivity index (χ4n) is 2.70. The fraction of sp³-hybridized carbons (Fsp3) is 0.100. The van der Waals surface area contributed by atoms with Crippen LogP contribution in [0.3, 0.4) is 0 Å². The van der Waals surface area contributed by atoms with E-state index >= 15 is 0 Å². The van der Waals surface area contributed by atoms with Crippen LogP contribution in [-0.4, -0.2) is 18.9 Å². The molecular weight excluding hydrogens is 347 g/mol. The van der Waals surface area contributed by atoms with Gasteiger partial charge < -0.3 is 20.9 Å².